The molecule has 5 heteroatoms. The van der Waals surface area contributed by atoms with Gasteiger partial charge in [-0.25, -0.2) is 4.79 Å². The molecule has 0 fully saturated rings. The Hall–Kier alpha value is -1.10. The maximum atomic E-state index is 11.7. The zero-order valence-corrected chi connectivity index (χ0v) is 10.6. The minimum absolute atomic E-state index is 0.00645. The van der Waals surface area contributed by atoms with Crippen LogP contribution >= 0.6 is 0 Å². The summed E-state index contributed by atoms with van der Waals surface area (Å²) in [7, 11) is 0. The third-order valence-corrected chi connectivity index (χ3v) is 2.65. The quantitative estimate of drug-likeness (QED) is 0.569. The lowest BCUT2D eigenvalue weighted by Crippen LogP contribution is -2.34. The van der Waals surface area contributed by atoms with Gasteiger partial charge in [-0.2, -0.15) is 0 Å². The predicted octanol–water partition coefficient (Wildman–Crippen LogP) is 1.15. The van der Waals surface area contributed by atoms with Crippen molar-refractivity contribution >= 4 is 11.9 Å². The van der Waals surface area contributed by atoms with Crippen molar-refractivity contribution < 1.29 is 19.8 Å². The van der Waals surface area contributed by atoms with Crippen molar-refractivity contribution in [2.24, 2.45) is 5.92 Å². The Morgan fingerprint density at radius 1 is 1.12 bits per heavy atom. The highest BCUT2D eigenvalue weighted by Gasteiger charge is 2.17. The smallest absolute Gasteiger partial charge is 0.332 e. The van der Waals surface area contributed by atoms with Crippen molar-refractivity contribution in [2.45, 2.75) is 52.1 Å². The molecule has 0 radical (unpaired) electrons. The number of carbonyl (C=O) groups is 2. The van der Waals surface area contributed by atoms with Crippen LogP contribution in [0.3, 0.4) is 0 Å². The number of carboxylic acid groups (broad SMARTS) is 1. The van der Waals surface area contributed by atoms with E-state index in [4.69, 9.17) is 10.2 Å². The zero-order chi connectivity index (χ0) is 13.3. The van der Waals surface area contributed by atoms with Gasteiger partial charge in [0.1, 0.15) is 0 Å². The molecular weight excluding hydrogens is 222 g/mol. The second-order valence-electron chi connectivity index (χ2n) is 4.21. The molecule has 0 aromatic heterocycles. The van der Waals surface area contributed by atoms with Crippen LogP contribution in [0, 0.1) is 5.92 Å². The second kappa shape index (κ2) is 8.98. The van der Waals surface area contributed by atoms with Crippen LogP contribution in [0.1, 0.15) is 46.0 Å². The summed E-state index contributed by atoms with van der Waals surface area (Å²) in [5.41, 5.74) is 0. The summed E-state index contributed by atoms with van der Waals surface area (Å²) < 4.78 is 0. The molecule has 5 nitrogen and oxygen atoms in total. The highest BCUT2D eigenvalue weighted by Crippen LogP contribution is 2.13. The molecule has 0 spiro atoms. The number of carbonyl (C=O) groups excluding carboxylic acids is 1. The van der Waals surface area contributed by atoms with Crippen LogP contribution in [-0.4, -0.2) is 34.7 Å². The van der Waals surface area contributed by atoms with Crippen LogP contribution in [0.15, 0.2) is 0 Å². The fourth-order valence-electron chi connectivity index (χ4n) is 1.70. The molecule has 0 aliphatic carbocycles. The summed E-state index contributed by atoms with van der Waals surface area (Å²) in [4.78, 5) is 22.1. The number of hydrogen-bond donors (Lipinski definition) is 3. The van der Waals surface area contributed by atoms with E-state index in [0.29, 0.717) is 0 Å². The second-order valence-corrected chi connectivity index (χ2v) is 4.21. The molecule has 0 aromatic rings. The standard InChI is InChI=1S/C12H23NO4/c1-3-5-9(6-4-2)11(15)13-8-7-10(14)12(16)17/h9-10,14H,3-8H2,1-2H3,(H,13,15)(H,16,17). The van der Waals surface area contributed by atoms with Gasteiger partial charge in [0.15, 0.2) is 6.10 Å². The maximum Gasteiger partial charge on any atom is 0.332 e. The number of nitrogens with one attached hydrogen (secondary N) is 1. The number of carboxylic acids is 1. The Kier molecular flexibility index (Phi) is 8.40. The molecule has 17 heavy (non-hydrogen) atoms. The minimum atomic E-state index is -1.40. The van der Waals surface area contributed by atoms with Crippen molar-refractivity contribution in [1.82, 2.24) is 5.32 Å². The third-order valence-electron chi connectivity index (χ3n) is 2.65. The first-order chi connectivity index (χ1) is 8.02. The Morgan fingerprint density at radius 3 is 2.06 bits per heavy atom. The Labute approximate surface area is 102 Å². The van der Waals surface area contributed by atoms with Crippen molar-refractivity contribution in [3.05, 3.63) is 0 Å². The van der Waals surface area contributed by atoms with Gasteiger partial charge < -0.3 is 15.5 Å². The van der Waals surface area contributed by atoms with E-state index in [9.17, 15) is 9.59 Å². The molecule has 100 valence electrons. The van der Waals surface area contributed by atoms with Crippen molar-refractivity contribution in [3.8, 4) is 0 Å². The zero-order valence-electron chi connectivity index (χ0n) is 10.6. The van der Waals surface area contributed by atoms with Gasteiger partial charge in [0.05, 0.1) is 0 Å². The van der Waals surface area contributed by atoms with Crippen LogP contribution in [-0.2, 0) is 9.59 Å². The van der Waals surface area contributed by atoms with Gasteiger partial charge in [-0.1, -0.05) is 26.7 Å². The van der Waals surface area contributed by atoms with E-state index in [0.717, 1.165) is 25.7 Å². The third kappa shape index (κ3) is 6.94. The first-order valence-electron chi connectivity index (χ1n) is 6.21. The molecule has 3 N–H and O–H groups in total. The van der Waals surface area contributed by atoms with Gasteiger partial charge >= 0.3 is 5.97 Å². The minimum Gasteiger partial charge on any atom is -0.479 e. The van der Waals surface area contributed by atoms with Crippen molar-refractivity contribution in [3.63, 3.8) is 0 Å². The number of aliphatic carboxylic acids is 1. The van der Waals surface area contributed by atoms with E-state index in [1.807, 2.05) is 13.8 Å². The van der Waals surface area contributed by atoms with Crippen LogP contribution in [0.4, 0.5) is 0 Å². The fraction of sp³-hybridized carbons (Fsp3) is 0.833. The highest BCUT2D eigenvalue weighted by molar-refractivity contribution is 5.78. The summed E-state index contributed by atoms with van der Waals surface area (Å²) in [6.07, 6.45) is 2.26. The number of aliphatic hydroxyl groups is 1. The van der Waals surface area contributed by atoms with Gasteiger partial charge in [-0.05, 0) is 12.8 Å². The predicted molar refractivity (Wildman–Crippen MR) is 64.6 cm³/mol. The van der Waals surface area contributed by atoms with E-state index in [-0.39, 0.29) is 24.8 Å². The molecule has 0 aliphatic heterocycles. The van der Waals surface area contributed by atoms with Gasteiger partial charge in [0, 0.05) is 18.9 Å². The highest BCUT2D eigenvalue weighted by atomic mass is 16.4. The topological polar surface area (TPSA) is 86.6 Å². The van der Waals surface area contributed by atoms with E-state index in [2.05, 4.69) is 5.32 Å². The molecular formula is C12H23NO4. The first-order valence-corrected chi connectivity index (χ1v) is 6.21. The number of hydrogen-bond acceptors (Lipinski definition) is 3. The molecule has 1 unspecified atom stereocenters. The van der Waals surface area contributed by atoms with Crippen molar-refractivity contribution in [2.75, 3.05) is 6.54 Å². The molecule has 0 aromatic carbocycles. The van der Waals surface area contributed by atoms with Crippen molar-refractivity contribution in [1.29, 1.82) is 0 Å². The van der Waals surface area contributed by atoms with E-state index in [1.54, 1.807) is 0 Å². The lowest BCUT2D eigenvalue weighted by molar-refractivity contribution is -0.147. The summed E-state index contributed by atoms with van der Waals surface area (Å²) >= 11 is 0. The Morgan fingerprint density at radius 2 is 1.65 bits per heavy atom. The SMILES string of the molecule is CCCC(CCC)C(=O)NCCC(O)C(=O)O. The normalized spacial score (nSPS) is 12.5. The van der Waals surface area contributed by atoms with Gasteiger partial charge in [0.25, 0.3) is 0 Å². The lowest BCUT2D eigenvalue weighted by atomic mass is 9.97. The van der Waals surface area contributed by atoms with Gasteiger partial charge in [-0.15, -0.1) is 0 Å². The van der Waals surface area contributed by atoms with Gasteiger partial charge in [-0.3, -0.25) is 4.79 Å². The van der Waals surface area contributed by atoms with Crippen LogP contribution in [0.25, 0.3) is 0 Å². The fourth-order valence-corrected chi connectivity index (χ4v) is 1.70. The summed E-state index contributed by atoms with van der Waals surface area (Å²) in [6, 6.07) is 0. The van der Waals surface area contributed by atoms with Crippen LogP contribution < -0.4 is 5.32 Å². The number of rotatable bonds is 9. The molecule has 0 saturated carbocycles. The number of amides is 1. The van der Waals surface area contributed by atoms with Crippen LogP contribution in [0.2, 0.25) is 0 Å². The average molecular weight is 245 g/mol. The molecule has 0 rings (SSSR count). The summed E-state index contributed by atoms with van der Waals surface area (Å²) in [5.74, 6) is -1.28. The monoisotopic (exact) mass is 245 g/mol. The molecule has 0 saturated heterocycles. The van der Waals surface area contributed by atoms with E-state index in [1.165, 1.54) is 0 Å². The number of aliphatic hydroxyl groups excluding tert-OH is 1. The van der Waals surface area contributed by atoms with Gasteiger partial charge in [0.2, 0.25) is 5.91 Å². The molecule has 0 aliphatic rings. The molecule has 1 atom stereocenters. The summed E-state index contributed by atoms with van der Waals surface area (Å²) in [5, 5.41) is 20.2. The Balaban J connectivity index is 3.92. The molecule has 0 heterocycles. The Bertz CT molecular complexity index is 237. The summed E-state index contributed by atoms with van der Waals surface area (Å²) in [6.45, 7) is 4.27. The lowest BCUT2D eigenvalue weighted by Gasteiger charge is -2.15. The molecule has 0 bridgehead atoms. The maximum absolute atomic E-state index is 11.7. The molecule has 1 amide bonds. The first kappa shape index (κ1) is 15.9. The average Bonchev–Trinajstić information content (AvgIpc) is 2.28. The van der Waals surface area contributed by atoms with Crippen LogP contribution in [0.5, 0.6) is 0 Å². The van der Waals surface area contributed by atoms with E-state index >= 15 is 0 Å². The van der Waals surface area contributed by atoms with E-state index < -0.39 is 12.1 Å². The largest absolute Gasteiger partial charge is 0.479 e.